The summed E-state index contributed by atoms with van der Waals surface area (Å²) in [4.78, 5) is 6.88. The average Bonchev–Trinajstić information content (AvgIpc) is 3.06. The zero-order chi connectivity index (χ0) is 16.9. The standard InChI is InChI=1S/C20H19FN2S/c1-3-12-23(2)13-15-4-6-16(7-5-15)19-14-24-20(22-19)17-8-10-18(21)11-9-17/h3-11,14H,1,12-13H2,2H3. The van der Waals surface area contributed by atoms with Crippen molar-refractivity contribution in [3.8, 4) is 21.8 Å². The first kappa shape index (κ1) is 16.6. The lowest BCUT2D eigenvalue weighted by molar-refractivity contribution is 0.364. The smallest absolute Gasteiger partial charge is 0.124 e. The van der Waals surface area contributed by atoms with E-state index in [9.17, 15) is 4.39 Å². The molecule has 0 unspecified atom stereocenters. The normalized spacial score (nSPS) is 11.0. The average molecular weight is 338 g/mol. The maximum Gasteiger partial charge on any atom is 0.124 e. The van der Waals surface area contributed by atoms with Crippen LogP contribution in [0.1, 0.15) is 5.56 Å². The number of halogens is 1. The van der Waals surface area contributed by atoms with Gasteiger partial charge < -0.3 is 0 Å². The van der Waals surface area contributed by atoms with E-state index < -0.39 is 0 Å². The van der Waals surface area contributed by atoms with Gasteiger partial charge in [-0.25, -0.2) is 9.37 Å². The quantitative estimate of drug-likeness (QED) is 0.572. The maximum absolute atomic E-state index is 13.0. The van der Waals surface area contributed by atoms with Gasteiger partial charge in [0, 0.05) is 29.6 Å². The molecule has 0 N–H and O–H groups in total. The summed E-state index contributed by atoms with van der Waals surface area (Å²) in [6.07, 6.45) is 1.90. The zero-order valence-corrected chi connectivity index (χ0v) is 14.4. The molecule has 0 spiro atoms. The number of aromatic nitrogens is 1. The summed E-state index contributed by atoms with van der Waals surface area (Å²) in [5, 5.41) is 2.94. The Bertz CT molecular complexity index is 806. The number of thiazole rings is 1. The highest BCUT2D eigenvalue weighted by Crippen LogP contribution is 2.29. The topological polar surface area (TPSA) is 16.1 Å². The van der Waals surface area contributed by atoms with Crippen molar-refractivity contribution in [1.82, 2.24) is 9.88 Å². The van der Waals surface area contributed by atoms with Crippen LogP contribution in [0.4, 0.5) is 4.39 Å². The SMILES string of the molecule is C=CCN(C)Cc1ccc(-c2csc(-c3ccc(F)cc3)n2)cc1. The molecule has 0 saturated carbocycles. The molecule has 0 amide bonds. The van der Waals surface area contributed by atoms with Crippen LogP contribution in [-0.4, -0.2) is 23.5 Å². The molecule has 4 heteroatoms. The third-order valence-corrected chi connectivity index (χ3v) is 4.63. The van der Waals surface area contributed by atoms with Crippen molar-refractivity contribution in [2.75, 3.05) is 13.6 Å². The summed E-state index contributed by atoms with van der Waals surface area (Å²) in [5.74, 6) is -0.229. The van der Waals surface area contributed by atoms with Gasteiger partial charge in [-0.1, -0.05) is 30.3 Å². The Hall–Kier alpha value is -2.30. The van der Waals surface area contributed by atoms with Crippen molar-refractivity contribution in [2.24, 2.45) is 0 Å². The van der Waals surface area contributed by atoms with E-state index in [-0.39, 0.29) is 5.82 Å². The van der Waals surface area contributed by atoms with E-state index in [1.165, 1.54) is 17.7 Å². The van der Waals surface area contributed by atoms with Crippen molar-refractivity contribution in [3.63, 3.8) is 0 Å². The first-order chi connectivity index (χ1) is 11.7. The molecule has 0 aliphatic heterocycles. The van der Waals surface area contributed by atoms with Crippen LogP contribution in [0.5, 0.6) is 0 Å². The van der Waals surface area contributed by atoms with Gasteiger partial charge in [-0.3, -0.25) is 4.90 Å². The molecular weight excluding hydrogens is 319 g/mol. The van der Waals surface area contributed by atoms with Gasteiger partial charge in [0.15, 0.2) is 0 Å². The number of rotatable bonds is 6. The minimum atomic E-state index is -0.229. The zero-order valence-electron chi connectivity index (χ0n) is 13.6. The molecule has 24 heavy (non-hydrogen) atoms. The number of benzene rings is 2. The van der Waals surface area contributed by atoms with Crippen LogP contribution in [0.2, 0.25) is 0 Å². The summed E-state index contributed by atoms with van der Waals surface area (Å²) in [6.45, 7) is 5.52. The molecule has 1 aromatic heterocycles. The van der Waals surface area contributed by atoms with E-state index in [1.807, 2.05) is 11.5 Å². The molecule has 2 nitrogen and oxygen atoms in total. The maximum atomic E-state index is 13.0. The van der Waals surface area contributed by atoms with Gasteiger partial charge in [-0.15, -0.1) is 17.9 Å². The Labute approximate surface area is 145 Å². The molecule has 1 heterocycles. The van der Waals surface area contributed by atoms with E-state index >= 15 is 0 Å². The molecular formula is C20H19FN2S. The molecule has 0 radical (unpaired) electrons. The molecule has 0 bridgehead atoms. The fraction of sp³-hybridized carbons (Fsp3) is 0.150. The van der Waals surface area contributed by atoms with Crippen molar-refractivity contribution >= 4 is 11.3 Å². The van der Waals surface area contributed by atoms with Crippen LogP contribution in [0.25, 0.3) is 21.8 Å². The molecule has 3 rings (SSSR count). The van der Waals surface area contributed by atoms with Crippen molar-refractivity contribution in [1.29, 1.82) is 0 Å². The van der Waals surface area contributed by atoms with Crippen LogP contribution in [0.3, 0.4) is 0 Å². The van der Waals surface area contributed by atoms with Gasteiger partial charge in [0.2, 0.25) is 0 Å². The highest BCUT2D eigenvalue weighted by atomic mass is 32.1. The van der Waals surface area contributed by atoms with Crippen LogP contribution in [0, 0.1) is 5.82 Å². The third-order valence-electron chi connectivity index (χ3n) is 3.74. The largest absolute Gasteiger partial charge is 0.298 e. The third kappa shape index (κ3) is 3.96. The van der Waals surface area contributed by atoms with Crippen molar-refractivity contribution in [3.05, 3.63) is 77.9 Å². The lowest BCUT2D eigenvalue weighted by Gasteiger charge is -2.14. The minimum Gasteiger partial charge on any atom is -0.298 e. The van der Waals surface area contributed by atoms with Crippen molar-refractivity contribution < 1.29 is 4.39 Å². The fourth-order valence-corrected chi connectivity index (χ4v) is 3.34. The molecule has 0 aliphatic rings. The predicted octanol–water partition coefficient (Wildman–Crippen LogP) is 5.23. The highest BCUT2D eigenvalue weighted by molar-refractivity contribution is 7.13. The molecule has 3 aromatic rings. The fourth-order valence-electron chi connectivity index (χ4n) is 2.51. The van der Waals surface area contributed by atoms with Gasteiger partial charge in [-0.05, 0) is 36.9 Å². The Morgan fingerprint density at radius 3 is 2.42 bits per heavy atom. The van der Waals surface area contributed by atoms with Gasteiger partial charge in [-0.2, -0.15) is 0 Å². The lowest BCUT2D eigenvalue weighted by atomic mass is 10.1. The van der Waals surface area contributed by atoms with Crippen LogP contribution < -0.4 is 0 Å². The molecule has 2 aromatic carbocycles. The van der Waals surface area contributed by atoms with Gasteiger partial charge in [0.25, 0.3) is 0 Å². The Morgan fingerprint density at radius 1 is 1.08 bits per heavy atom. The van der Waals surface area contributed by atoms with Crippen molar-refractivity contribution in [2.45, 2.75) is 6.54 Å². The number of nitrogens with zero attached hydrogens (tertiary/aromatic N) is 2. The van der Waals surface area contributed by atoms with Gasteiger partial charge in [0.05, 0.1) is 5.69 Å². The number of likely N-dealkylation sites (N-methyl/N-ethyl adjacent to an activating group) is 1. The predicted molar refractivity (Wildman–Crippen MR) is 99.5 cm³/mol. The Kier molecular flexibility index (Phi) is 5.18. The van der Waals surface area contributed by atoms with E-state index in [0.29, 0.717) is 0 Å². The molecule has 122 valence electrons. The highest BCUT2D eigenvalue weighted by Gasteiger charge is 2.07. The Balaban J connectivity index is 1.75. The van der Waals surface area contributed by atoms with Crippen LogP contribution in [-0.2, 0) is 6.54 Å². The summed E-state index contributed by atoms with van der Waals surface area (Å²) >= 11 is 1.57. The molecule has 0 aliphatic carbocycles. The van der Waals surface area contributed by atoms with Gasteiger partial charge in [0.1, 0.15) is 10.8 Å². The summed E-state index contributed by atoms with van der Waals surface area (Å²) < 4.78 is 13.0. The monoisotopic (exact) mass is 338 g/mol. The molecule has 0 saturated heterocycles. The van der Waals surface area contributed by atoms with E-state index in [0.717, 1.165) is 34.9 Å². The second-order valence-corrected chi connectivity index (χ2v) is 6.59. The second kappa shape index (κ2) is 7.51. The van der Waals surface area contributed by atoms with Crippen LogP contribution in [0.15, 0.2) is 66.6 Å². The first-order valence-corrected chi connectivity index (χ1v) is 8.64. The molecule has 0 fully saturated rings. The summed E-state index contributed by atoms with van der Waals surface area (Å²) in [7, 11) is 2.07. The lowest BCUT2D eigenvalue weighted by Crippen LogP contribution is -2.17. The van der Waals surface area contributed by atoms with E-state index in [1.54, 1.807) is 23.5 Å². The summed E-state index contributed by atoms with van der Waals surface area (Å²) in [6, 6.07) is 14.9. The second-order valence-electron chi connectivity index (χ2n) is 5.73. The minimum absolute atomic E-state index is 0.229. The number of hydrogen-bond donors (Lipinski definition) is 0. The first-order valence-electron chi connectivity index (χ1n) is 7.76. The van der Waals surface area contributed by atoms with E-state index in [2.05, 4.69) is 47.8 Å². The Morgan fingerprint density at radius 2 is 1.75 bits per heavy atom. The van der Waals surface area contributed by atoms with Crippen LogP contribution >= 0.6 is 11.3 Å². The number of hydrogen-bond acceptors (Lipinski definition) is 3. The van der Waals surface area contributed by atoms with Gasteiger partial charge >= 0.3 is 0 Å². The van der Waals surface area contributed by atoms with E-state index in [4.69, 9.17) is 0 Å². The molecule has 0 atom stereocenters. The summed E-state index contributed by atoms with van der Waals surface area (Å²) in [5.41, 5.74) is 4.24.